The molecule has 3 aromatic rings. The molecule has 0 radical (unpaired) electrons. The molecule has 0 unspecified atom stereocenters. The van der Waals surface area contributed by atoms with E-state index in [1.807, 2.05) is 6.07 Å². The van der Waals surface area contributed by atoms with E-state index < -0.39 is 16.0 Å². The van der Waals surface area contributed by atoms with Crippen LogP contribution in [0, 0.1) is 11.8 Å². The van der Waals surface area contributed by atoms with Gasteiger partial charge in [-0.2, -0.15) is 4.31 Å². The quantitative estimate of drug-likeness (QED) is 0.410. The van der Waals surface area contributed by atoms with Crippen molar-refractivity contribution in [3.05, 3.63) is 77.6 Å². The summed E-state index contributed by atoms with van der Waals surface area (Å²) < 4.78 is 32.9. The predicted molar refractivity (Wildman–Crippen MR) is 152 cm³/mol. The van der Waals surface area contributed by atoms with E-state index >= 15 is 0 Å². The summed E-state index contributed by atoms with van der Waals surface area (Å²) in [5.41, 5.74) is 2.00. The van der Waals surface area contributed by atoms with Crippen molar-refractivity contribution in [2.45, 2.75) is 43.4 Å². The van der Waals surface area contributed by atoms with Crippen molar-refractivity contribution in [1.82, 2.24) is 14.3 Å². The smallest absolute Gasteiger partial charge is 0.339 e. The molecule has 10 heteroatoms. The van der Waals surface area contributed by atoms with Crippen LogP contribution < -0.4 is 9.64 Å². The summed E-state index contributed by atoms with van der Waals surface area (Å²) in [7, 11) is -2.06. The average Bonchev–Trinajstić information content (AvgIpc) is 2.98. The SMILES string of the molecule is COc1ccc(S(=O)(=O)N2CCC(Cc3nc(N4CCC(Cc5ccccc5)CC4)ncc3C(=O)O)CC2)cc1. The lowest BCUT2D eigenvalue weighted by Crippen LogP contribution is -2.39. The average molecular weight is 565 g/mol. The molecule has 9 nitrogen and oxygen atoms in total. The maximum absolute atomic E-state index is 13.1. The first-order valence-electron chi connectivity index (χ1n) is 13.9. The van der Waals surface area contributed by atoms with Gasteiger partial charge in [-0.25, -0.2) is 23.2 Å². The Morgan fingerprint density at radius 1 is 0.925 bits per heavy atom. The van der Waals surface area contributed by atoms with E-state index in [-0.39, 0.29) is 16.4 Å². The number of carboxylic acids is 1. The first-order valence-corrected chi connectivity index (χ1v) is 15.3. The zero-order valence-electron chi connectivity index (χ0n) is 22.8. The second kappa shape index (κ2) is 12.3. The van der Waals surface area contributed by atoms with Gasteiger partial charge in [-0.05, 0) is 80.2 Å². The first-order chi connectivity index (χ1) is 19.3. The number of benzene rings is 2. The number of piperidine rings is 2. The Bertz CT molecular complexity index is 1400. The number of nitrogens with zero attached hydrogens (tertiary/aromatic N) is 4. The molecule has 0 bridgehead atoms. The van der Waals surface area contributed by atoms with Crippen molar-refractivity contribution in [2.24, 2.45) is 11.8 Å². The zero-order chi connectivity index (χ0) is 28.1. The van der Waals surface area contributed by atoms with Crippen molar-refractivity contribution in [3.63, 3.8) is 0 Å². The van der Waals surface area contributed by atoms with Crippen molar-refractivity contribution in [2.75, 3.05) is 38.2 Å². The normalized spacial score (nSPS) is 17.6. The lowest BCUT2D eigenvalue weighted by atomic mass is 9.90. The predicted octanol–water partition coefficient (Wildman–Crippen LogP) is 4.29. The summed E-state index contributed by atoms with van der Waals surface area (Å²) in [5.74, 6) is 0.892. The van der Waals surface area contributed by atoms with Crippen LogP contribution in [0.1, 0.15) is 47.3 Å². The van der Waals surface area contributed by atoms with Gasteiger partial charge in [0.15, 0.2) is 0 Å². The molecule has 0 amide bonds. The highest BCUT2D eigenvalue weighted by Crippen LogP contribution is 2.29. The number of aromatic carboxylic acids is 1. The number of anilines is 1. The summed E-state index contributed by atoms with van der Waals surface area (Å²) in [6.07, 6.45) is 6.32. The number of methoxy groups -OCH3 is 1. The minimum absolute atomic E-state index is 0.121. The number of aromatic nitrogens is 2. The third kappa shape index (κ3) is 6.45. The Morgan fingerprint density at radius 2 is 1.55 bits per heavy atom. The van der Waals surface area contributed by atoms with Crippen LogP contribution in [0.4, 0.5) is 5.95 Å². The molecule has 5 rings (SSSR count). The molecule has 1 aromatic heterocycles. The number of hydrogen-bond acceptors (Lipinski definition) is 7. The molecule has 0 saturated carbocycles. The van der Waals surface area contributed by atoms with Gasteiger partial charge in [0.05, 0.1) is 23.3 Å². The van der Waals surface area contributed by atoms with Gasteiger partial charge in [0.25, 0.3) is 0 Å². The monoisotopic (exact) mass is 564 g/mol. The molecule has 2 saturated heterocycles. The lowest BCUT2D eigenvalue weighted by molar-refractivity contribution is 0.0694. The fourth-order valence-electron chi connectivity index (χ4n) is 5.70. The van der Waals surface area contributed by atoms with Crippen molar-refractivity contribution >= 4 is 21.9 Å². The van der Waals surface area contributed by atoms with Crippen LogP contribution in [0.15, 0.2) is 65.7 Å². The fourth-order valence-corrected chi connectivity index (χ4v) is 7.17. The highest BCUT2D eigenvalue weighted by atomic mass is 32.2. The van der Waals surface area contributed by atoms with Crippen molar-refractivity contribution in [1.29, 1.82) is 0 Å². The van der Waals surface area contributed by atoms with E-state index in [4.69, 9.17) is 9.72 Å². The summed E-state index contributed by atoms with van der Waals surface area (Å²) in [4.78, 5) is 23.5. The van der Waals surface area contributed by atoms with Crippen LogP contribution in [0.3, 0.4) is 0 Å². The Hall–Kier alpha value is -3.50. The van der Waals surface area contributed by atoms with Crippen LogP contribution in [-0.4, -0.2) is 67.1 Å². The van der Waals surface area contributed by atoms with E-state index in [9.17, 15) is 18.3 Å². The molecule has 1 N–H and O–H groups in total. The third-order valence-corrected chi connectivity index (χ3v) is 10.0. The lowest BCUT2D eigenvalue weighted by Gasteiger charge is -2.33. The fraction of sp³-hybridized carbons (Fsp3) is 0.433. The molecule has 40 heavy (non-hydrogen) atoms. The van der Waals surface area contributed by atoms with Crippen LogP contribution in [0.2, 0.25) is 0 Å². The number of carbonyl (C=O) groups is 1. The van der Waals surface area contributed by atoms with Crippen LogP contribution in [0.25, 0.3) is 0 Å². The van der Waals surface area contributed by atoms with Crippen LogP contribution in [0.5, 0.6) is 5.75 Å². The molecule has 212 valence electrons. The van der Waals surface area contributed by atoms with Crippen LogP contribution in [-0.2, 0) is 22.9 Å². The molecule has 0 atom stereocenters. The molecule has 2 aliphatic heterocycles. The maximum atomic E-state index is 13.1. The van der Waals surface area contributed by atoms with Gasteiger partial charge in [0.1, 0.15) is 5.75 Å². The molecular formula is C30H36N4O5S. The molecule has 0 spiro atoms. The maximum Gasteiger partial charge on any atom is 0.339 e. The van der Waals surface area contributed by atoms with Gasteiger partial charge < -0.3 is 14.7 Å². The Morgan fingerprint density at radius 3 is 2.17 bits per heavy atom. The van der Waals surface area contributed by atoms with E-state index in [0.717, 1.165) is 32.4 Å². The van der Waals surface area contributed by atoms with Crippen molar-refractivity contribution < 1.29 is 23.1 Å². The largest absolute Gasteiger partial charge is 0.497 e. The number of hydrogen-bond donors (Lipinski definition) is 1. The zero-order valence-corrected chi connectivity index (χ0v) is 23.6. The molecule has 0 aliphatic carbocycles. The van der Waals surface area contributed by atoms with Gasteiger partial charge in [-0.15, -0.1) is 0 Å². The van der Waals surface area contributed by atoms with E-state index in [2.05, 4.69) is 34.1 Å². The summed E-state index contributed by atoms with van der Waals surface area (Å²) in [6, 6.07) is 16.9. The highest BCUT2D eigenvalue weighted by molar-refractivity contribution is 7.89. The van der Waals surface area contributed by atoms with Crippen LogP contribution >= 0.6 is 0 Å². The summed E-state index contributed by atoms with van der Waals surface area (Å²) >= 11 is 0. The topological polar surface area (TPSA) is 113 Å². The highest BCUT2D eigenvalue weighted by Gasteiger charge is 2.31. The standard InChI is InChI=1S/C30H36N4O5S/c1-39-25-7-9-26(10-8-25)40(37,38)34-17-13-24(14-18-34)20-28-27(29(35)36)21-31-30(32-28)33-15-11-23(12-16-33)19-22-5-3-2-4-6-22/h2-10,21,23-24H,11-20H2,1H3,(H,35,36). The van der Waals surface area contributed by atoms with E-state index in [1.165, 1.54) is 16.1 Å². The molecule has 2 aliphatic rings. The number of ether oxygens (including phenoxy) is 1. The minimum atomic E-state index is -3.60. The Kier molecular flexibility index (Phi) is 8.66. The van der Waals surface area contributed by atoms with Crippen molar-refractivity contribution in [3.8, 4) is 5.75 Å². The summed E-state index contributed by atoms with van der Waals surface area (Å²) in [5, 5.41) is 9.79. The van der Waals surface area contributed by atoms with E-state index in [1.54, 1.807) is 31.4 Å². The Balaban J connectivity index is 1.21. The molecule has 3 heterocycles. The van der Waals surface area contributed by atoms with Gasteiger partial charge in [0.2, 0.25) is 16.0 Å². The minimum Gasteiger partial charge on any atom is -0.497 e. The molecule has 2 aromatic carbocycles. The Labute approximate surface area is 235 Å². The van der Waals surface area contributed by atoms with Gasteiger partial charge in [-0.1, -0.05) is 30.3 Å². The summed E-state index contributed by atoms with van der Waals surface area (Å²) in [6.45, 7) is 2.44. The molecular weight excluding hydrogens is 528 g/mol. The number of rotatable bonds is 9. The number of sulfonamides is 1. The van der Waals surface area contributed by atoms with Gasteiger partial charge >= 0.3 is 5.97 Å². The second-order valence-corrected chi connectivity index (χ2v) is 12.6. The first kappa shape index (κ1) is 28.0. The van der Waals surface area contributed by atoms with Gasteiger partial charge in [-0.3, -0.25) is 0 Å². The second-order valence-electron chi connectivity index (χ2n) is 10.7. The third-order valence-electron chi connectivity index (χ3n) is 8.10. The number of carboxylic acid groups (broad SMARTS) is 1. The molecule has 2 fully saturated rings. The van der Waals surface area contributed by atoms with E-state index in [0.29, 0.717) is 55.7 Å². The van der Waals surface area contributed by atoms with Gasteiger partial charge in [0, 0.05) is 32.4 Å².